The molecule has 0 aromatic heterocycles. The summed E-state index contributed by atoms with van der Waals surface area (Å²) in [4.78, 5) is 2.05. The molecule has 0 radical (unpaired) electrons. The van der Waals surface area contributed by atoms with E-state index in [1.54, 1.807) is 11.8 Å². The third kappa shape index (κ3) is 3.32. The summed E-state index contributed by atoms with van der Waals surface area (Å²) < 4.78 is 1.14. The van der Waals surface area contributed by atoms with Gasteiger partial charge in [-0.05, 0) is 12.3 Å². The summed E-state index contributed by atoms with van der Waals surface area (Å²) in [5.41, 5.74) is 0. The van der Waals surface area contributed by atoms with Crippen molar-refractivity contribution in [2.24, 2.45) is 0 Å². The lowest BCUT2D eigenvalue weighted by Gasteiger charge is -2.15. The Morgan fingerprint density at radius 3 is 2.20 bits per heavy atom. The molecule has 58 valence electrons. The monoisotopic (exact) mass is 221 g/mol. The zero-order valence-corrected chi connectivity index (χ0v) is 8.92. The van der Waals surface area contributed by atoms with E-state index in [1.807, 2.05) is 26.4 Å². The van der Waals surface area contributed by atoms with Gasteiger partial charge in [0.1, 0.15) is 0 Å². The molecule has 0 atom stereocenters. The van der Waals surface area contributed by atoms with Gasteiger partial charge in [-0.15, -0.1) is 0 Å². The summed E-state index contributed by atoms with van der Waals surface area (Å²) in [7, 11) is 4.02. The second-order valence-electron chi connectivity index (χ2n) is 2.02. The fourth-order valence-corrected chi connectivity index (χ4v) is 1.74. The fraction of sp³-hybridized carbons (Fsp3) is 0.429. The summed E-state index contributed by atoms with van der Waals surface area (Å²) in [5, 5.41) is 3.01. The Kier molecular flexibility index (Phi) is 4.91. The average molecular weight is 222 g/mol. The zero-order chi connectivity index (χ0) is 8.15. The summed E-state index contributed by atoms with van der Waals surface area (Å²) in [6, 6.07) is 0. The Hall–Kier alpha value is 0.110. The predicted molar refractivity (Wildman–Crippen MR) is 53.1 cm³/mol. The van der Waals surface area contributed by atoms with E-state index in [9.17, 15) is 0 Å². The van der Waals surface area contributed by atoms with Gasteiger partial charge in [0.05, 0.1) is 5.03 Å². The Labute approximate surface area is 75.3 Å². The van der Waals surface area contributed by atoms with Gasteiger partial charge in [-0.2, -0.15) is 0 Å². The number of allylic oxidation sites excluding steroid dienone is 1. The lowest BCUT2D eigenvalue weighted by atomic mass is 10.6. The third-order valence-electron chi connectivity index (χ3n) is 0.896. The van der Waals surface area contributed by atoms with Crippen molar-refractivity contribution in [3.63, 3.8) is 0 Å². The third-order valence-corrected chi connectivity index (χ3v) is 2.60. The van der Waals surface area contributed by atoms with E-state index in [0.29, 0.717) is 0 Å². The van der Waals surface area contributed by atoms with E-state index in [-0.39, 0.29) is 0 Å². The number of hydrogen-bond donors (Lipinski definition) is 0. The molecule has 0 rings (SSSR count). The van der Waals surface area contributed by atoms with E-state index in [1.165, 1.54) is 5.03 Å². The minimum absolute atomic E-state index is 1.14. The molecule has 0 aromatic rings. The van der Waals surface area contributed by atoms with Crippen molar-refractivity contribution in [1.82, 2.24) is 4.90 Å². The van der Waals surface area contributed by atoms with Crippen LogP contribution in [0.4, 0.5) is 0 Å². The van der Waals surface area contributed by atoms with Crippen LogP contribution in [0.25, 0.3) is 0 Å². The molecule has 0 bridgehead atoms. The number of nitrogens with zero attached hydrogens (tertiary/aromatic N) is 1. The highest BCUT2D eigenvalue weighted by atomic mass is 79.9. The minimum Gasteiger partial charge on any atom is -0.372 e. The first-order chi connectivity index (χ1) is 4.59. The van der Waals surface area contributed by atoms with Gasteiger partial charge in [0.2, 0.25) is 0 Å². The van der Waals surface area contributed by atoms with Crippen molar-refractivity contribution in [3.8, 4) is 0 Å². The van der Waals surface area contributed by atoms with Gasteiger partial charge >= 0.3 is 0 Å². The van der Waals surface area contributed by atoms with Crippen molar-refractivity contribution >= 4 is 27.7 Å². The first kappa shape index (κ1) is 10.1. The van der Waals surface area contributed by atoms with Gasteiger partial charge in [-0.1, -0.05) is 34.3 Å². The van der Waals surface area contributed by atoms with E-state index in [0.717, 1.165) is 4.48 Å². The molecule has 1 nitrogen and oxygen atoms in total. The van der Waals surface area contributed by atoms with Crippen LogP contribution in [0.15, 0.2) is 21.5 Å². The molecular weight excluding hydrogens is 210 g/mol. The second kappa shape index (κ2) is 4.85. The van der Waals surface area contributed by atoms with Gasteiger partial charge in [0.15, 0.2) is 0 Å². The molecule has 0 spiro atoms. The quantitative estimate of drug-likeness (QED) is 0.722. The minimum atomic E-state index is 1.14. The smallest absolute Gasteiger partial charge is 0.0844 e. The average Bonchev–Trinajstić information content (AvgIpc) is 1.81. The Balaban J connectivity index is 4.27. The Bertz CT molecular complexity index is 148. The number of rotatable bonds is 3. The molecule has 0 fully saturated rings. The van der Waals surface area contributed by atoms with Crippen LogP contribution in [0, 0.1) is 0 Å². The van der Waals surface area contributed by atoms with E-state index >= 15 is 0 Å². The molecule has 3 heteroatoms. The van der Waals surface area contributed by atoms with Crippen LogP contribution in [0.3, 0.4) is 0 Å². The summed E-state index contributed by atoms with van der Waals surface area (Å²) >= 11 is 5.03. The molecular formula is C7H12BrNS. The van der Waals surface area contributed by atoms with Gasteiger partial charge in [0, 0.05) is 18.6 Å². The highest BCUT2D eigenvalue weighted by molar-refractivity contribution is 9.11. The summed E-state index contributed by atoms with van der Waals surface area (Å²) in [6.45, 7) is 5.67. The van der Waals surface area contributed by atoms with Crippen LogP contribution in [-0.2, 0) is 0 Å². The molecule has 0 aliphatic rings. The molecule has 0 amide bonds. The maximum atomic E-state index is 3.65. The van der Waals surface area contributed by atoms with Gasteiger partial charge < -0.3 is 4.90 Å². The number of thioether (sulfide) groups is 1. The van der Waals surface area contributed by atoms with Crippen LogP contribution in [0.1, 0.15) is 6.92 Å². The highest BCUT2D eigenvalue weighted by Crippen LogP contribution is 2.25. The number of halogens is 1. The van der Waals surface area contributed by atoms with E-state index < -0.39 is 0 Å². The lowest BCUT2D eigenvalue weighted by molar-refractivity contribution is 0.548. The van der Waals surface area contributed by atoms with Crippen LogP contribution < -0.4 is 0 Å². The maximum Gasteiger partial charge on any atom is 0.0844 e. The SMILES string of the molecule is C=CSC(=C(C)Br)N(C)C. The van der Waals surface area contributed by atoms with Gasteiger partial charge in [-0.3, -0.25) is 0 Å². The predicted octanol–water partition coefficient (Wildman–Crippen LogP) is 3.01. The molecule has 0 aliphatic heterocycles. The van der Waals surface area contributed by atoms with Crippen molar-refractivity contribution in [2.75, 3.05) is 14.1 Å². The molecule has 0 aliphatic carbocycles. The molecule has 0 N–H and O–H groups in total. The highest BCUT2D eigenvalue weighted by Gasteiger charge is 2.00. The van der Waals surface area contributed by atoms with Crippen LogP contribution >= 0.6 is 27.7 Å². The molecule has 0 aromatic carbocycles. The first-order valence-electron chi connectivity index (χ1n) is 2.91. The molecule has 0 saturated carbocycles. The van der Waals surface area contributed by atoms with Crippen molar-refractivity contribution in [3.05, 3.63) is 21.5 Å². The lowest BCUT2D eigenvalue weighted by Crippen LogP contribution is -2.08. The summed E-state index contributed by atoms with van der Waals surface area (Å²) in [5.74, 6) is 0. The van der Waals surface area contributed by atoms with Crippen LogP contribution in [0.2, 0.25) is 0 Å². The van der Waals surface area contributed by atoms with E-state index in [4.69, 9.17) is 0 Å². The first-order valence-corrected chi connectivity index (χ1v) is 4.58. The van der Waals surface area contributed by atoms with Crippen molar-refractivity contribution in [2.45, 2.75) is 6.92 Å². The topological polar surface area (TPSA) is 3.24 Å². The Morgan fingerprint density at radius 1 is 1.60 bits per heavy atom. The maximum absolute atomic E-state index is 3.65. The molecule has 0 saturated heterocycles. The summed E-state index contributed by atoms with van der Waals surface area (Å²) in [6.07, 6.45) is 0. The Morgan fingerprint density at radius 2 is 2.10 bits per heavy atom. The largest absolute Gasteiger partial charge is 0.372 e. The fourth-order valence-electron chi connectivity index (χ4n) is 0.574. The second-order valence-corrected chi connectivity index (χ2v) is 4.16. The van der Waals surface area contributed by atoms with Crippen LogP contribution in [0.5, 0.6) is 0 Å². The standard InChI is InChI=1S/C7H12BrNS/c1-5-10-7(6(2)8)9(3)4/h5H,1H2,2-4H3. The normalized spacial score (nSPS) is 12.4. The van der Waals surface area contributed by atoms with Gasteiger partial charge in [0.25, 0.3) is 0 Å². The zero-order valence-electron chi connectivity index (χ0n) is 6.52. The molecule has 10 heavy (non-hydrogen) atoms. The van der Waals surface area contributed by atoms with Crippen molar-refractivity contribution in [1.29, 1.82) is 0 Å². The van der Waals surface area contributed by atoms with Crippen molar-refractivity contribution < 1.29 is 0 Å². The van der Waals surface area contributed by atoms with E-state index in [2.05, 4.69) is 27.4 Å². The molecule has 0 heterocycles. The van der Waals surface area contributed by atoms with Crippen LogP contribution in [-0.4, -0.2) is 19.0 Å². The molecule has 0 unspecified atom stereocenters. The van der Waals surface area contributed by atoms with Gasteiger partial charge in [-0.25, -0.2) is 0 Å². The number of hydrogen-bond acceptors (Lipinski definition) is 2.